The van der Waals surface area contributed by atoms with E-state index in [1.165, 1.54) is 0 Å². The van der Waals surface area contributed by atoms with Crippen molar-refractivity contribution in [3.8, 4) is 11.1 Å². The molecule has 114 valence electrons. The number of hydrogen-bond donors (Lipinski definition) is 0. The van der Waals surface area contributed by atoms with Crippen molar-refractivity contribution in [2.24, 2.45) is 5.92 Å². The molecule has 0 aliphatic carbocycles. The molecule has 1 heteroatoms. The minimum atomic E-state index is 0.00106. The van der Waals surface area contributed by atoms with E-state index in [0.29, 0.717) is 0 Å². The molecule has 22 heavy (non-hydrogen) atoms. The number of hydrogen-bond acceptors (Lipinski definition) is 1. The number of rotatable bonds is 5. The fraction of sp³-hybridized carbons (Fsp3) is 0.286. The van der Waals surface area contributed by atoms with Crippen LogP contribution in [0, 0.1) is 5.92 Å². The number of Topliss-reactive ketones (excluding diaryl/α,β-unsaturated/α-hetero) is 1. The van der Waals surface area contributed by atoms with E-state index in [9.17, 15) is 4.79 Å². The van der Waals surface area contributed by atoms with Gasteiger partial charge in [-0.25, -0.2) is 0 Å². The van der Waals surface area contributed by atoms with Crippen molar-refractivity contribution >= 4 is 11.4 Å². The van der Waals surface area contributed by atoms with Crippen LogP contribution in [-0.2, 0) is 6.42 Å². The third-order valence-electron chi connectivity index (χ3n) is 3.99. The highest BCUT2D eigenvalue weighted by Gasteiger charge is 2.19. The molecule has 0 heterocycles. The van der Waals surface area contributed by atoms with Crippen molar-refractivity contribution in [3.05, 3.63) is 65.7 Å². The van der Waals surface area contributed by atoms with Gasteiger partial charge in [0.05, 0.1) is 0 Å². The van der Waals surface area contributed by atoms with Crippen molar-refractivity contribution in [2.75, 3.05) is 0 Å². The van der Waals surface area contributed by atoms with E-state index in [0.717, 1.165) is 39.8 Å². The Labute approximate surface area is 133 Å². The molecule has 0 saturated carbocycles. The van der Waals surface area contributed by atoms with Gasteiger partial charge >= 0.3 is 0 Å². The molecule has 2 aromatic rings. The Morgan fingerprint density at radius 3 is 2.23 bits per heavy atom. The second-order valence-electron chi connectivity index (χ2n) is 6.07. The third kappa shape index (κ3) is 3.19. The average molecular weight is 292 g/mol. The van der Waals surface area contributed by atoms with E-state index >= 15 is 0 Å². The smallest absolute Gasteiger partial charge is 0.166 e. The highest BCUT2D eigenvalue weighted by Crippen LogP contribution is 2.30. The lowest BCUT2D eigenvalue weighted by molar-refractivity contribution is 0.0939. The van der Waals surface area contributed by atoms with E-state index in [2.05, 4.69) is 43.8 Å². The Bertz CT molecular complexity index is 690. The summed E-state index contributed by atoms with van der Waals surface area (Å²) in [7, 11) is 0. The lowest BCUT2D eigenvalue weighted by atomic mass is 9.87. The van der Waals surface area contributed by atoms with Gasteiger partial charge in [-0.3, -0.25) is 4.79 Å². The van der Waals surface area contributed by atoms with Gasteiger partial charge in [0.25, 0.3) is 0 Å². The summed E-state index contributed by atoms with van der Waals surface area (Å²) in [6, 6.07) is 14.4. The highest BCUT2D eigenvalue weighted by atomic mass is 16.1. The van der Waals surface area contributed by atoms with Crippen molar-refractivity contribution < 1.29 is 4.79 Å². The summed E-state index contributed by atoms with van der Waals surface area (Å²) in [6.07, 6.45) is 0.867. The molecule has 0 radical (unpaired) electrons. The number of ketones is 1. The van der Waals surface area contributed by atoms with Crippen LogP contribution in [0.2, 0.25) is 0 Å². The minimum Gasteiger partial charge on any atom is -0.294 e. The minimum absolute atomic E-state index is 0.00106. The van der Waals surface area contributed by atoms with E-state index < -0.39 is 0 Å². The summed E-state index contributed by atoms with van der Waals surface area (Å²) in [5.41, 5.74) is 6.30. The molecule has 1 nitrogen and oxygen atoms in total. The van der Waals surface area contributed by atoms with Crippen LogP contribution in [0.25, 0.3) is 16.7 Å². The first kappa shape index (κ1) is 16.2. The molecule has 0 saturated heterocycles. The molecular weight excluding hydrogens is 268 g/mol. The second kappa shape index (κ2) is 6.74. The zero-order valence-electron chi connectivity index (χ0n) is 13.9. The first-order chi connectivity index (χ1) is 10.5. The summed E-state index contributed by atoms with van der Waals surface area (Å²) >= 11 is 0. The number of allylic oxidation sites excluding steroid dienone is 1. The third-order valence-corrected chi connectivity index (χ3v) is 3.99. The predicted molar refractivity (Wildman–Crippen MR) is 95.1 cm³/mol. The van der Waals surface area contributed by atoms with Gasteiger partial charge in [0.2, 0.25) is 0 Å². The quantitative estimate of drug-likeness (QED) is 0.638. The maximum atomic E-state index is 12.7. The Morgan fingerprint density at radius 1 is 1.09 bits per heavy atom. The average Bonchev–Trinajstić information content (AvgIpc) is 2.53. The van der Waals surface area contributed by atoms with Crippen LogP contribution in [0.1, 0.15) is 49.2 Å². The van der Waals surface area contributed by atoms with E-state index in [-0.39, 0.29) is 11.7 Å². The molecule has 0 atom stereocenters. The number of benzene rings is 2. The SMILES string of the molecule is C=C(C)c1ccc(-c2cccc(CC)c2C(=O)C(C)C)cc1. The summed E-state index contributed by atoms with van der Waals surface area (Å²) in [5, 5.41) is 0. The standard InChI is InChI=1S/C21H24O/c1-6-16-8-7-9-19(20(16)21(22)15(4)5)18-12-10-17(11-13-18)14(2)3/h7-13,15H,2,6H2,1,3-5H3. The molecule has 2 aromatic carbocycles. The number of carbonyl (C=O) groups is 1. The van der Waals surface area contributed by atoms with Crippen molar-refractivity contribution in [1.29, 1.82) is 0 Å². The number of aryl methyl sites for hydroxylation is 1. The Morgan fingerprint density at radius 2 is 1.73 bits per heavy atom. The van der Waals surface area contributed by atoms with Gasteiger partial charge in [0, 0.05) is 11.5 Å². The first-order valence-electron chi connectivity index (χ1n) is 7.88. The van der Waals surface area contributed by atoms with Crippen molar-refractivity contribution in [1.82, 2.24) is 0 Å². The molecule has 0 N–H and O–H groups in total. The van der Waals surface area contributed by atoms with Crippen LogP contribution in [0.5, 0.6) is 0 Å². The Hall–Kier alpha value is -2.15. The summed E-state index contributed by atoms with van der Waals surface area (Å²) in [4.78, 5) is 12.7. The summed E-state index contributed by atoms with van der Waals surface area (Å²) in [6.45, 7) is 12.0. The van der Waals surface area contributed by atoms with Crippen LogP contribution in [-0.4, -0.2) is 5.78 Å². The first-order valence-corrected chi connectivity index (χ1v) is 7.88. The molecule has 0 aliphatic heterocycles. The van der Waals surface area contributed by atoms with E-state index in [4.69, 9.17) is 0 Å². The highest BCUT2D eigenvalue weighted by molar-refractivity contribution is 6.04. The molecular formula is C21H24O. The van der Waals surface area contributed by atoms with Gasteiger partial charge in [-0.2, -0.15) is 0 Å². The van der Waals surface area contributed by atoms with Gasteiger partial charge in [0.1, 0.15) is 0 Å². The predicted octanol–water partition coefficient (Wildman–Crippen LogP) is 5.79. The zero-order valence-corrected chi connectivity index (χ0v) is 13.9. The zero-order chi connectivity index (χ0) is 16.3. The lowest BCUT2D eigenvalue weighted by Crippen LogP contribution is -2.12. The van der Waals surface area contributed by atoms with Crippen LogP contribution in [0.4, 0.5) is 0 Å². The molecule has 0 bridgehead atoms. The normalized spacial score (nSPS) is 10.8. The topological polar surface area (TPSA) is 17.1 Å². The van der Waals surface area contributed by atoms with Crippen molar-refractivity contribution in [2.45, 2.75) is 34.1 Å². The van der Waals surface area contributed by atoms with Crippen LogP contribution < -0.4 is 0 Å². The molecule has 0 amide bonds. The fourth-order valence-electron chi connectivity index (χ4n) is 2.65. The fourth-order valence-corrected chi connectivity index (χ4v) is 2.65. The lowest BCUT2D eigenvalue weighted by Gasteiger charge is -2.15. The van der Waals surface area contributed by atoms with Crippen molar-refractivity contribution in [3.63, 3.8) is 0 Å². The Balaban J connectivity index is 2.59. The largest absolute Gasteiger partial charge is 0.294 e. The maximum absolute atomic E-state index is 12.7. The number of carbonyl (C=O) groups excluding carboxylic acids is 1. The molecule has 0 spiro atoms. The van der Waals surface area contributed by atoms with Gasteiger partial charge in [0.15, 0.2) is 5.78 Å². The summed E-state index contributed by atoms with van der Waals surface area (Å²) < 4.78 is 0. The van der Waals surface area contributed by atoms with Crippen LogP contribution in [0.3, 0.4) is 0 Å². The second-order valence-corrected chi connectivity index (χ2v) is 6.07. The monoisotopic (exact) mass is 292 g/mol. The van der Waals surface area contributed by atoms with Crippen LogP contribution in [0.15, 0.2) is 49.0 Å². The Kier molecular flexibility index (Phi) is 4.97. The van der Waals surface area contributed by atoms with Gasteiger partial charge in [-0.15, -0.1) is 0 Å². The van der Waals surface area contributed by atoms with Gasteiger partial charge in [-0.1, -0.05) is 75.4 Å². The molecule has 2 rings (SSSR count). The van der Waals surface area contributed by atoms with Crippen LogP contribution >= 0.6 is 0 Å². The molecule has 0 aromatic heterocycles. The summed E-state index contributed by atoms with van der Waals surface area (Å²) in [5.74, 6) is 0.220. The van der Waals surface area contributed by atoms with E-state index in [1.54, 1.807) is 0 Å². The maximum Gasteiger partial charge on any atom is 0.166 e. The van der Waals surface area contributed by atoms with E-state index in [1.807, 2.05) is 32.9 Å². The molecule has 0 fully saturated rings. The van der Waals surface area contributed by atoms with Gasteiger partial charge < -0.3 is 0 Å². The van der Waals surface area contributed by atoms with Gasteiger partial charge in [-0.05, 0) is 35.6 Å². The molecule has 0 aliphatic rings. The molecule has 0 unspecified atom stereocenters.